The van der Waals surface area contributed by atoms with Gasteiger partial charge in [0.15, 0.2) is 0 Å². The van der Waals surface area contributed by atoms with Gasteiger partial charge in [-0.25, -0.2) is 0 Å². The molecule has 6 heteroatoms. The SMILES string of the molecule is CCOc1ccccc1NC(=O)C(C)Nc1ccc(OCc2cccc(C#N)c2)cc1. The highest BCUT2D eigenvalue weighted by atomic mass is 16.5. The molecule has 0 saturated heterocycles. The number of anilines is 2. The minimum absolute atomic E-state index is 0.162. The molecule has 1 atom stereocenters. The van der Waals surface area contributed by atoms with Crippen LogP contribution in [0.5, 0.6) is 11.5 Å². The summed E-state index contributed by atoms with van der Waals surface area (Å²) in [5.74, 6) is 1.19. The Kier molecular flexibility index (Phi) is 7.50. The Bertz CT molecular complexity index is 1060. The summed E-state index contributed by atoms with van der Waals surface area (Å²) in [5.41, 5.74) is 2.99. The highest BCUT2D eigenvalue weighted by Crippen LogP contribution is 2.24. The second kappa shape index (κ2) is 10.7. The van der Waals surface area contributed by atoms with Crippen LogP contribution in [-0.4, -0.2) is 18.6 Å². The van der Waals surface area contributed by atoms with Crippen LogP contribution in [0, 0.1) is 11.3 Å². The molecule has 0 saturated carbocycles. The molecule has 3 aromatic carbocycles. The Morgan fingerprint density at radius 1 is 1.03 bits per heavy atom. The van der Waals surface area contributed by atoms with Crippen LogP contribution >= 0.6 is 0 Å². The Morgan fingerprint density at radius 2 is 1.81 bits per heavy atom. The summed E-state index contributed by atoms with van der Waals surface area (Å²) in [4.78, 5) is 12.6. The highest BCUT2D eigenvalue weighted by molar-refractivity contribution is 5.97. The fourth-order valence-corrected chi connectivity index (χ4v) is 2.95. The molecule has 0 aromatic heterocycles. The maximum absolute atomic E-state index is 12.6. The number of hydrogen-bond acceptors (Lipinski definition) is 5. The molecule has 3 rings (SSSR count). The van der Waals surface area contributed by atoms with E-state index in [0.717, 1.165) is 11.3 Å². The average Bonchev–Trinajstić information content (AvgIpc) is 2.80. The molecule has 6 nitrogen and oxygen atoms in total. The maximum atomic E-state index is 12.6. The summed E-state index contributed by atoms with van der Waals surface area (Å²) < 4.78 is 11.3. The highest BCUT2D eigenvalue weighted by Gasteiger charge is 2.15. The van der Waals surface area contributed by atoms with Gasteiger partial charge in [0.05, 0.1) is 23.9 Å². The molecule has 0 aliphatic carbocycles. The quantitative estimate of drug-likeness (QED) is 0.515. The summed E-state index contributed by atoms with van der Waals surface area (Å²) in [6.07, 6.45) is 0. The van der Waals surface area contributed by atoms with E-state index < -0.39 is 6.04 Å². The zero-order chi connectivity index (χ0) is 22.1. The second-order valence-electron chi connectivity index (χ2n) is 6.91. The Morgan fingerprint density at radius 3 is 2.55 bits per heavy atom. The van der Waals surface area contributed by atoms with Crippen molar-refractivity contribution >= 4 is 17.3 Å². The molecule has 0 radical (unpaired) electrons. The third-order valence-electron chi connectivity index (χ3n) is 4.54. The average molecular weight is 415 g/mol. The van der Waals surface area contributed by atoms with Crippen molar-refractivity contribution in [3.63, 3.8) is 0 Å². The summed E-state index contributed by atoms with van der Waals surface area (Å²) in [7, 11) is 0. The lowest BCUT2D eigenvalue weighted by molar-refractivity contribution is -0.116. The molecule has 158 valence electrons. The lowest BCUT2D eigenvalue weighted by Gasteiger charge is -2.17. The number of rotatable bonds is 9. The van der Waals surface area contributed by atoms with Gasteiger partial charge in [0, 0.05) is 5.69 Å². The minimum atomic E-state index is -0.449. The normalized spacial score (nSPS) is 11.1. The molecule has 1 unspecified atom stereocenters. The third kappa shape index (κ3) is 6.25. The van der Waals surface area contributed by atoms with Gasteiger partial charge in [-0.2, -0.15) is 5.26 Å². The van der Waals surface area contributed by atoms with Crippen LogP contribution in [0.3, 0.4) is 0 Å². The molecular weight excluding hydrogens is 390 g/mol. The Hall–Kier alpha value is -3.98. The van der Waals surface area contributed by atoms with E-state index in [1.165, 1.54) is 0 Å². The molecule has 31 heavy (non-hydrogen) atoms. The number of nitriles is 1. The maximum Gasteiger partial charge on any atom is 0.246 e. The van der Waals surface area contributed by atoms with E-state index in [4.69, 9.17) is 14.7 Å². The third-order valence-corrected chi connectivity index (χ3v) is 4.54. The van der Waals surface area contributed by atoms with Gasteiger partial charge in [-0.3, -0.25) is 4.79 Å². The van der Waals surface area contributed by atoms with Gasteiger partial charge < -0.3 is 20.1 Å². The van der Waals surface area contributed by atoms with Crippen molar-refractivity contribution in [2.75, 3.05) is 17.2 Å². The number of carbonyl (C=O) groups excluding carboxylic acids is 1. The topological polar surface area (TPSA) is 83.4 Å². The van der Waals surface area contributed by atoms with Crippen LogP contribution < -0.4 is 20.1 Å². The van der Waals surface area contributed by atoms with Crippen molar-refractivity contribution in [1.82, 2.24) is 0 Å². The first-order valence-corrected chi connectivity index (χ1v) is 10.1. The smallest absolute Gasteiger partial charge is 0.246 e. The number of nitrogens with zero attached hydrogens (tertiary/aromatic N) is 1. The van der Waals surface area contributed by atoms with Crippen LogP contribution in [0.15, 0.2) is 72.8 Å². The fourth-order valence-electron chi connectivity index (χ4n) is 2.95. The minimum Gasteiger partial charge on any atom is -0.492 e. The number of ether oxygens (including phenoxy) is 2. The summed E-state index contributed by atoms with van der Waals surface area (Å²) in [6.45, 7) is 4.60. The zero-order valence-electron chi connectivity index (χ0n) is 17.6. The number of benzene rings is 3. The van der Waals surface area contributed by atoms with Crippen molar-refractivity contribution in [3.05, 3.63) is 83.9 Å². The van der Waals surface area contributed by atoms with E-state index in [1.807, 2.05) is 67.6 Å². The molecule has 0 aliphatic heterocycles. The largest absolute Gasteiger partial charge is 0.492 e. The number of carbonyl (C=O) groups is 1. The molecule has 2 N–H and O–H groups in total. The van der Waals surface area contributed by atoms with E-state index in [9.17, 15) is 4.79 Å². The van der Waals surface area contributed by atoms with Crippen molar-refractivity contribution in [3.8, 4) is 17.6 Å². The Balaban J connectivity index is 1.54. The molecule has 0 fully saturated rings. The number of nitrogens with one attached hydrogen (secondary N) is 2. The van der Waals surface area contributed by atoms with E-state index >= 15 is 0 Å². The lowest BCUT2D eigenvalue weighted by atomic mass is 10.1. The number of amides is 1. The first-order valence-electron chi connectivity index (χ1n) is 10.1. The van der Waals surface area contributed by atoms with Gasteiger partial charge in [-0.05, 0) is 67.9 Å². The molecule has 0 spiro atoms. The van der Waals surface area contributed by atoms with Gasteiger partial charge in [0.1, 0.15) is 24.1 Å². The standard InChI is InChI=1S/C25H25N3O3/c1-3-30-24-10-5-4-9-23(24)28-25(29)18(2)27-21-11-13-22(14-12-21)31-17-20-8-6-7-19(15-20)16-26/h4-15,18,27H,3,17H2,1-2H3,(H,28,29). The van der Waals surface area contributed by atoms with E-state index in [0.29, 0.717) is 36.0 Å². The molecule has 0 bridgehead atoms. The van der Waals surface area contributed by atoms with Crippen molar-refractivity contribution in [2.45, 2.75) is 26.5 Å². The molecule has 3 aromatic rings. The first kappa shape index (κ1) is 21.7. The second-order valence-corrected chi connectivity index (χ2v) is 6.91. The summed E-state index contributed by atoms with van der Waals surface area (Å²) in [6, 6.07) is 23.7. The van der Waals surface area contributed by atoms with Crippen molar-refractivity contribution in [2.24, 2.45) is 0 Å². The zero-order valence-corrected chi connectivity index (χ0v) is 17.6. The van der Waals surface area contributed by atoms with E-state index in [1.54, 1.807) is 19.1 Å². The van der Waals surface area contributed by atoms with Gasteiger partial charge in [-0.15, -0.1) is 0 Å². The van der Waals surface area contributed by atoms with Gasteiger partial charge in [0.25, 0.3) is 0 Å². The lowest BCUT2D eigenvalue weighted by Crippen LogP contribution is -2.32. The van der Waals surface area contributed by atoms with Gasteiger partial charge in [-0.1, -0.05) is 24.3 Å². The van der Waals surface area contributed by atoms with Crippen LogP contribution in [-0.2, 0) is 11.4 Å². The Labute approximate surface area is 182 Å². The van der Waals surface area contributed by atoms with Crippen LogP contribution in [0.25, 0.3) is 0 Å². The molecule has 0 aliphatic rings. The fraction of sp³-hybridized carbons (Fsp3) is 0.200. The monoisotopic (exact) mass is 415 g/mol. The molecular formula is C25H25N3O3. The van der Waals surface area contributed by atoms with Crippen LogP contribution in [0.1, 0.15) is 25.0 Å². The summed E-state index contributed by atoms with van der Waals surface area (Å²) in [5, 5.41) is 15.1. The van der Waals surface area contributed by atoms with E-state index in [2.05, 4.69) is 16.7 Å². The van der Waals surface area contributed by atoms with Gasteiger partial charge in [0.2, 0.25) is 5.91 Å². The van der Waals surface area contributed by atoms with Crippen LogP contribution in [0.2, 0.25) is 0 Å². The summed E-state index contributed by atoms with van der Waals surface area (Å²) >= 11 is 0. The predicted molar refractivity (Wildman–Crippen MR) is 121 cm³/mol. The van der Waals surface area contributed by atoms with Crippen molar-refractivity contribution in [1.29, 1.82) is 5.26 Å². The van der Waals surface area contributed by atoms with Gasteiger partial charge >= 0.3 is 0 Å². The molecule has 1 amide bonds. The van der Waals surface area contributed by atoms with Crippen molar-refractivity contribution < 1.29 is 14.3 Å². The number of hydrogen-bond donors (Lipinski definition) is 2. The predicted octanol–water partition coefficient (Wildman–Crippen LogP) is 4.98. The van der Waals surface area contributed by atoms with E-state index in [-0.39, 0.29) is 5.91 Å². The molecule has 0 heterocycles. The van der Waals surface area contributed by atoms with Crippen LogP contribution in [0.4, 0.5) is 11.4 Å². The number of para-hydroxylation sites is 2. The first-order chi connectivity index (χ1) is 15.1.